The van der Waals surface area contributed by atoms with Gasteiger partial charge < -0.3 is 0 Å². The van der Waals surface area contributed by atoms with E-state index in [1.807, 2.05) is 0 Å². The maximum Gasteiger partial charge on any atom is 0.0930 e. The third-order valence-electron chi connectivity index (χ3n) is 4.05. The van der Waals surface area contributed by atoms with E-state index in [9.17, 15) is 5.11 Å². The highest BCUT2D eigenvalue weighted by molar-refractivity contribution is 4.58. The Morgan fingerprint density at radius 1 is 0.412 bits per heavy atom. The molecule has 0 aromatic carbocycles. The highest BCUT2D eigenvalue weighted by atomic mass is 16.3. The average molecular weight is 239 g/mol. The minimum Gasteiger partial charge on any atom is -0.233 e. The molecule has 0 N–H and O–H groups in total. The lowest BCUT2D eigenvalue weighted by Crippen LogP contribution is -2.04. The number of rotatable bonds is 0. The van der Waals surface area contributed by atoms with Crippen molar-refractivity contribution >= 4 is 0 Å². The van der Waals surface area contributed by atoms with Gasteiger partial charge in [-0.05, 0) is 12.8 Å². The fourth-order valence-corrected chi connectivity index (χ4v) is 2.83. The van der Waals surface area contributed by atoms with Gasteiger partial charge in [0.25, 0.3) is 0 Å². The van der Waals surface area contributed by atoms with Crippen LogP contribution in [0.3, 0.4) is 0 Å². The molecule has 1 rings (SSSR count). The van der Waals surface area contributed by atoms with Gasteiger partial charge in [0.1, 0.15) is 0 Å². The third-order valence-corrected chi connectivity index (χ3v) is 4.05. The summed E-state index contributed by atoms with van der Waals surface area (Å²) in [5, 5.41) is 11.7. The van der Waals surface area contributed by atoms with Crippen LogP contribution >= 0.6 is 0 Å². The Hall–Kier alpha value is -0.0400. The minimum atomic E-state index is -0.261. The lowest BCUT2D eigenvalue weighted by atomic mass is 10.00. The quantitative estimate of drug-likeness (QED) is 0.520. The molecule has 1 radical (unpaired) electrons. The zero-order valence-electron chi connectivity index (χ0n) is 11.6. The van der Waals surface area contributed by atoms with Crippen molar-refractivity contribution in [1.82, 2.24) is 0 Å². The van der Waals surface area contributed by atoms with E-state index < -0.39 is 0 Å². The van der Waals surface area contributed by atoms with Gasteiger partial charge in [-0.25, -0.2) is 5.11 Å². The van der Waals surface area contributed by atoms with Crippen LogP contribution in [0.4, 0.5) is 0 Å². The average Bonchev–Trinajstić information content (AvgIpc) is 2.32. The lowest BCUT2D eigenvalue weighted by molar-refractivity contribution is 0.0688. The highest BCUT2D eigenvalue weighted by Gasteiger charge is 2.05. The van der Waals surface area contributed by atoms with E-state index in [1.165, 1.54) is 83.5 Å². The van der Waals surface area contributed by atoms with Gasteiger partial charge in [-0.3, -0.25) is 0 Å². The van der Waals surface area contributed by atoms with Crippen molar-refractivity contribution in [3.05, 3.63) is 0 Å². The Labute approximate surface area is 108 Å². The molecule has 0 atom stereocenters. The van der Waals surface area contributed by atoms with Crippen LogP contribution in [0.5, 0.6) is 0 Å². The molecule has 0 saturated heterocycles. The van der Waals surface area contributed by atoms with E-state index in [2.05, 4.69) is 0 Å². The number of hydrogen-bond donors (Lipinski definition) is 0. The van der Waals surface area contributed by atoms with Crippen LogP contribution in [0, 0.1) is 0 Å². The first-order chi connectivity index (χ1) is 8.39. The van der Waals surface area contributed by atoms with Crippen LogP contribution in [0.2, 0.25) is 0 Å². The van der Waals surface area contributed by atoms with Crippen molar-refractivity contribution in [2.24, 2.45) is 0 Å². The minimum absolute atomic E-state index is 0.261. The predicted molar refractivity (Wildman–Crippen MR) is 73.7 cm³/mol. The van der Waals surface area contributed by atoms with Crippen molar-refractivity contribution in [1.29, 1.82) is 0 Å². The molecule has 1 nitrogen and oxygen atoms in total. The van der Waals surface area contributed by atoms with Gasteiger partial charge in [-0.15, -0.1) is 0 Å². The molecule has 0 bridgehead atoms. The Kier molecular flexibility index (Phi) is 9.78. The largest absolute Gasteiger partial charge is 0.233 e. The van der Waals surface area contributed by atoms with Crippen LogP contribution in [-0.4, -0.2) is 6.10 Å². The summed E-state index contributed by atoms with van der Waals surface area (Å²) in [5.41, 5.74) is 0. The van der Waals surface area contributed by atoms with E-state index in [1.54, 1.807) is 0 Å². The van der Waals surface area contributed by atoms with Crippen molar-refractivity contribution in [2.75, 3.05) is 0 Å². The normalized spacial score (nSPS) is 24.5. The molecule has 0 aliphatic heterocycles. The van der Waals surface area contributed by atoms with Gasteiger partial charge in [0.15, 0.2) is 0 Å². The second-order valence-electron chi connectivity index (χ2n) is 5.80. The first kappa shape index (κ1) is 15.0. The van der Waals surface area contributed by atoms with E-state index in [4.69, 9.17) is 0 Å². The Morgan fingerprint density at radius 3 is 0.941 bits per heavy atom. The topological polar surface area (TPSA) is 19.9 Å². The monoisotopic (exact) mass is 239 g/mol. The molecule has 1 aliphatic carbocycles. The Bertz CT molecular complexity index is 140. The molecule has 0 heterocycles. The van der Waals surface area contributed by atoms with Crippen molar-refractivity contribution in [3.63, 3.8) is 0 Å². The van der Waals surface area contributed by atoms with Gasteiger partial charge >= 0.3 is 0 Å². The molecule has 1 saturated carbocycles. The molecule has 0 aromatic rings. The molecule has 1 fully saturated rings. The summed E-state index contributed by atoms with van der Waals surface area (Å²) in [6.45, 7) is 0. The van der Waals surface area contributed by atoms with E-state index in [0.29, 0.717) is 0 Å². The standard InChI is InChI=1S/C16H31O/c17-16-14-12-10-8-6-4-2-1-3-5-7-9-11-13-15-16/h16H,1-15H2. The molecule has 0 aromatic heterocycles. The Balaban J connectivity index is 2.09. The molecule has 0 unspecified atom stereocenters. The zero-order chi connectivity index (χ0) is 12.2. The van der Waals surface area contributed by atoms with Crippen molar-refractivity contribution in [3.8, 4) is 0 Å². The maximum atomic E-state index is 11.7. The fraction of sp³-hybridized carbons (Fsp3) is 1.00. The van der Waals surface area contributed by atoms with E-state index >= 15 is 0 Å². The molecule has 0 spiro atoms. The molecule has 17 heavy (non-hydrogen) atoms. The molecular formula is C16H31O. The third kappa shape index (κ3) is 9.64. The second-order valence-corrected chi connectivity index (χ2v) is 5.80. The molecular weight excluding hydrogens is 208 g/mol. The molecule has 1 heteroatoms. The maximum absolute atomic E-state index is 11.7. The van der Waals surface area contributed by atoms with Crippen molar-refractivity contribution in [2.45, 2.75) is 102 Å². The smallest absolute Gasteiger partial charge is 0.0930 e. The van der Waals surface area contributed by atoms with Gasteiger partial charge in [0.05, 0.1) is 6.10 Å². The molecule has 0 amide bonds. The molecule has 101 valence electrons. The fourth-order valence-electron chi connectivity index (χ4n) is 2.83. The zero-order valence-corrected chi connectivity index (χ0v) is 11.6. The van der Waals surface area contributed by atoms with E-state index in [0.717, 1.165) is 12.8 Å². The van der Waals surface area contributed by atoms with Gasteiger partial charge in [-0.2, -0.15) is 0 Å². The lowest BCUT2D eigenvalue weighted by Gasteiger charge is -2.09. The number of hydrogen-bond acceptors (Lipinski definition) is 0. The summed E-state index contributed by atoms with van der Waals surface area (Å²) in [6.07, 6.45) is 19.2. The van der Waals surface area contributed by atoms with Crippen molar-refractivity contribution < 1.29 is 5.11 Å². The van der Waals surface area contributed by atoms with Crippen LogP contribution in [0.15, 0.2) is 0 Å². The summed E-state index contributed by atoms with van der Waals surface area (Å²) in [6, 6.07) is 0. The summed E-state index contributed by atoms with van der Waals surface area (Å²) < 4.78 is 0. The highest BCUT2D eigenvalue weighted by Crippen LogP contribution is 2.16. The summed E-state index contributed by atoms with van der Waals surface area (Å²) >= 11 is 0. The van der Waals surface area contributed by atoms with Crippen LogP contribution in [0.25, 0.3) is 0 Å². The summed E-state index contributed by atoms with van der Waals surface area (Å²) in [7, 11) is 0. The van der Waals surface area contributed by atoms with Gasteiger partial charge in [0, 0.05) is 0 Å². The van der Waals surface area contributed by atoms with Gasteiger partial charge in [0.2, 0.25) is 0 Å². The van der Waals surface area contributed by atoms with Gasteiger partial charge in [-0.1, -0.05) is 83.5 Å². The SMILES string of the molecule is [O]C1CCCCCCCCCCCCCCC1. The van der Waals surface area contributed by atoms with Crippen LogP contribution in [-0.2, 0) is 5.11 Å². The first-order valence-electron chi connectivity index (χ1n) is 8.05. The first-order valence-corrected chi connectivity index (χ1v) is 8.05. The second kappa shape index (κ2) is 11.1. The summed E-state index contributed by atoms with van der Waals surface area (Å²) in [5.74, 6) is 0. The molecule has 1 aliphatic rings. The van der Waals surface area contributed by atoms with E-state index in [-0.39, 0.29) is 6.10 Å². The van der Waals surface area contributed by atoms with Crippen LogP contribution in [0.1, 0.15) is 96.3 Å². The Morgan fingerprint density at radius 2 is 0.647 bits per heavy atom. The van der Waals surface area contributed by atoms with Crippen LogP contribution < -0.4 is 0 Å². The predicted octanol–water partition coefficient (Wildman–Crippen LogP) is 5.65. The summed E-state index contributed by atoms with van der Waals surface area (Å²) in [4.78, 5) is 0.